The van der Waals surface area contributed by atoms with E-state index in [1.54, 1.807) is 10.4 Å². The zero-order valence-electron chi connectivity index (χ0n) is 9.55. The first-order valence-corrected chi connectivity index (χ1v) is 7.19. The van der Waals surface area contributed by atoms with Crippen LogP contribution in [0.2, 0.25) is 0 Å². The van der Waals surface area contributed by atoms with Crippen molar-refractivity contribution in [2.75, 3.05) is 0 Å². The third-order valence-electron chi connectivity index (χ3n) is 5.37. The highest BCUT2D eigenvalue weighted by atomic mass is 32.1. The van der Waals surface area contributed by atoms with E-state index in [1.807, 2.05) is 10.4 Å². The van der Waals surface area contributed by atoms with E-state index in [4.69, 9.17) is 0 Å². The Morgan fingerprint density at radius 3 is 2.20 bits per heavy atom. The molecular formula is C14H18S. The minimum absolute atomic E-state index is 0.978. The Kier molecular flexibility index (Phi) is 1.58. The zero-order valence-corrected chi connectivity index (χ0v) is 10.4. The molecule has 2 saturated carbocycles. The normalized spacial score (nSPS) is 40.9. The first-order chi connectivity index (χ1) is 7.27. The molecule has 1 aromatic rings. The third-order valence-corrected chi connectivity index (χ3v) is 6.73. The monoisotopic (exact) mass is 218 g/mol. The van der Waals surface area contributed by atoms with Crippen molar-refractivity contribution in [3.63, 3.8) is 0 Å². The Hall–Kier alpha value is -0.300. The molecule has 0 nitrogen and oxygen atoms in total. The lowest BCUT2D eigenvalue weighted by Crippen LogP contribution is -2.43. The molecule has 15 heavy (non-hydrogen) atoms. The smallest absolute Gasteiger partial charge is 0.0120 e. The van der Waals surface area contributed by atoms with Crippen LogP contribution in [-0.4, -0.2) is 0 Å². The quantitative estimate of drug-likeness (QED) is 0.606. The van der Waals surface area contributed by atoms with Gasteiger partial charge in [-0.05, 0) is 74.3 Å². The van der Waals surface area contributed by atoms with Crippen LogP contribution in [0.25, 0.3) is 0 Å². The summed E-state index contributed by atoms with van der Waals surface area (Å²) in [5, 5.41) is 0. The van der Waals surface area contributed by atoms with Gasteiger partial charge in [-0.25, -0.2) is 0 Å². The highest BCUT2D eigenvalue weighted by Gasteiger charge is 2.52. The minimum atomic E-state index is 0.978. The van der Waals surface area contributed by atoms with E-state index in [2.05, 4.69) is 25.2 Å². The highest BCUT2D eigenvalue weighted by molar-refractivity contribution is 7.12. The average molecular weight is 218 g/mol. The molecule has 0 aromatic carbocycles. The Bertz CT molecular complexity index is 429. The second-order valence-electron chi connectivity index (χ2n) is 5.76. The molecule has 0 spiro atoms. The molecule has 80 valence electrons. The van der Waals surface area contributed by atoms with Gasteiger partial charge in [0.15, 0.2) is 0 Å². The van der Waals surface area contributed by atoms with Crippen molar-refractivity contribution in [2.24, 2.45) is 11.8 Å². The number of thiophene rings is 1. The van der Waals surface area contributed by atoms with E-state index in [9.17, 15) is 0 Å². The van der Waals surface area contributed by atoms with E-state index < -0.39 is 0 Å². The predicted octanol–water partition coefficient (Wildman–Crippen LogP) is 4.37. The topological polar surface area (TPSA) is 0 Å². The lowest BCUT2D eigenvalue weighted by molar-refractivity contribution is 0.0587. The second kappa shape index (κ2) is 2.68. The second-order valence-corrected chi connectivity index (χ2v) is 7.01. The summed E-state index contributed by atoms with van der Waals surface area (Å²) in [5.41, 5.74) is 3.46. The van der Waals surface area contributed by atoms with Gasteiger partial charge < -0.3 is 0 Å². The van der Waals surface area contributed by atoms with Gasteiger partial charge in [-0.15, -0.1) is 11.3 Å². The van der Waals surface area contributed by atoms with Crippen LogP contribution < -0.4 is 0 Å². The van der Waals surface area contributed by atoms with Gasteiger partial charge in [0.05, 0.1) is 0 Å². The van der Waals surface area contributed by atoms with Crippen LogP contribution in [0, 0.1) is 25.7 Å². The van der Waals surface area contributed by atoms with Gasteiger partial charge in [0.25, 0.3) is 0 Å². The van der Waals surface area contributed by atoms with Crippen molar-refractivity contribution in [1.82, 2.24) is 0 Å². The minimum Gasteiger partial charge on any atom is -0.145 e. The van der Waals surface area contributed by atoms with E-state index in [-0.39, 0.29) is 0 Å². The van der Waals surface area contributed by atoms with Gasteiger partial charge in [0.2, 0.25) is 0 Å². The summed E-state index contributed by atoms with van der Waals surface area (Å²) in [6, 6.07) is 0. The maximum absolute atomic E-state index is 2.36. The fourth-order valence-corrected chi connectivity index (χ4v) is 5.62. The molecule has 1 aromatic heterocycles. The molecule has 4 atom stereocenters. The first kappa shape index (κ1) is 8.81. The SMILES string of the molecule is Cc1sc2c(c1C)C1CC[C@@H]1C1CC[C@H]21. The number of aryl methyl sites for hydroxylation is 1. The molecule has 3 aliphatic carbocycles. The van der Waals surface area contributed by atoms with Crippen LogP contribution in [0.1, 0.15) is 58.4 Å². The lowest BCUT2D eigenvalue weighted by atomic mass is 9.50. The fourth-order valence-electron chi connectivity index (χ4n) is 4.17. The van der Waals surface area contributed by atoms with Crippen LogP contribution in [-0.2, 0) is 0 Å². The molecular weight excluding hydrogens is 200 g/mol. The maximum Gasteiger partial charge on any atom is 0.0120 e. The van der Waals surface area contributed by atoms with E-state index in [1.165, 1.54) is 25.7 Å². The molecule has 0 bridgehead atoms. The molecule has 0 amide bonds. The molecule has 2 fully saturated rings. The van der Waals surface area contributed by atoms with E-state index in [0.29, 0.717) is 0 Å². The molecule has 0 aliphatic heterocycles. The van der Waals surface area contributed by atoms with Gasteiger partial charge in [-0.3, -0.25) is 0 Å². The average Bonchev–Trinajstić information content (AvgIpc) is 2.38. The maximum atomic E-state index is 2.36. The summed E-state index contributed by atoms with van der Waals surface area (Å²) >= 11 is 2.12. The van der Waals surface area contributed by atoms with Crippen molar-refractivity contribution in [3.8, 4) is 0 Å². The largest absolute Gasteiger partial charge is 0.145 e. The molecule has 1 heteroatoms. The van der Waals surface area contributed by atoms with Crippen molar-refractivity contribution in [2.45, 2.75) is 51.4 Å². The molecule has 2 unspecified atom stereocenters. The van der Waals surface area contributed by atoms with Gasteiger partial charge in [-0.1, -0.05) is 0 Å². The number of fused-ring (bicyclic) bond motifs is 6. The first-order valence-electron chi connectivity index (χ1n) is 6.37. The third kappa shape index (κ3) is 0.898. The van der Waals surface area contributed by atoms with Gasteiger partial charge in [-0.2, -0.15) is 0 Å². The Morgan fingerprint density at radius 1 is 0.933 bits per heavy atom. The number of hydrogen-bond donors (Lipinski definition) is 0. The van der Waals surface area contributed by atoms with Crippen LogP contribution in [0.3, 0.4) is 0 Å². The van der Waals surface area contributed by atoms with Gasteiger partial charge >= 0.3 is 0 Å². The van der Waals surface area contributed by atoms with Gasteiger partial charge in [0.1, 0.15) is 0 Å². The summed E-state index contributed by atoms with van der Waals surface area (Å²) in [6.07, 6.45) is 6.03. The van der Waals surface area contributed by atoms with Crippen molar-refractivity contribution < 1.29 is 0 Å². The summed E-state index contributed by atoms with van der Waals surface area (Å²) < 4.78 is 0. The van der Waals surface area contributed by atoms with Crippen molar-refractivity contribution in [1.29, 1.82) is 0 Å². The molecule has 0 radical (unpaired) electrons. The number of rotatable bonds is 0. The molecule has 0 N–H and O–H groups in total. The predicted molar refractivity (Wildman–Crippen MR) is 64.7 cm³/mol. The summed E-state index contributed by atoms with van der Waals surface area (Å²) in [5.74, 6) is 4.14. The Morgan fingerprint density at radius 2 is 1.60 bits per heavy atom. The summed E-state index contributed by atoms with van der Waals surface area (Å²) in [4.78, 5) is 3.40. The van der Waals surface area contributed by atoms with E-state index >= 15 is 0 Å². The van der Waals surface area contributed by atoms with Crippen LogP contribution in [0.4, 0.5) is 0 Å². The van der Waals surface area contributed by atoms with Gasteiger partial charge in [0, 0.05) is 9.75 Å². The van der Waals surface area contributed by atoms with Crippen molar-refractivity contribution in [3.05, 3.63) is 20.9 Å². The number of hydrogen-bond acceptors (Lipinski definition) is 1. The highest BCUT2D eigenvalue weighted by Crippen LogP contribution is 2.65. The molecule has 3 aliphatic rings. The van der Waals surface area contributed by atoms with E-state index in [0.717, 1.165) is 23.7 Å². The Balaban J connectivity index is 1.92. The van der Waals surface area contributed by atoms with Crippen LogP contribution >= 0.6 is 11.3 Å². The summed E-state index contributed by atoms with van der Waals surface area (Å²) in [7, 11) is 0. The molecule has 0 saturated heterocycles. The van der Waals surface area contributed by atoms with Crippen LogP contribution in [0.5, 0.6) is 0 Å². The summed E-state index contributed by atoms with van der Waals surface area (Å²) in [6.45, 7) is 4.68. The standard InChI is InChI=1S/C14H18S/c1-7-8(2)15-14-12-6-4-10(12)9-3-5-11(9)13(7)14/h9-12H,3-6H2,1-2H3/t9-,10?,11?,12+/m1/s1. The van der Waals surface area contributed by atoms with Crippen molar-refractivity contribution >= 4 is 11.3 Å². The lowest BCUT2D eigenvalue weighted by Gasteiger charge is -2.55. The fraction of sp³-hybridized carbons (Fsp3) is 0.714. The van der Waals surface area contributed by atoms with Crippen LogP contribution in [0.15, 0.2) is 0 Å². The zero-order chi connectivity index (χ0) is 10.2. The Labute approximate surface area is 95.7 Å². The molecule has 1 heterocycles. The molecule has 4 rings (SSSR count).